The van der Waals surface area contributed by atoms with E-state index in [4.69, 9.17) is 4.98 Å². The van der Waals surface area contributed by atoms with Crippen molar-refractivity contribution in [2.45, 2.75) is 33.1 Å². The normalized spacial score (nSPS) is 12.7. The Morgan fingerprint density at radius 2 is 2.18 bits per heavy atom. The molecule has 3 heteroatoms. The number of nitrogens with zero attached hydrogens (tertiary/aromatic N) is 1. The average molecular weight is 310 g/mol. The third-order valence-electron chi connectivity index (χ3n) is 3.06. The summed E-state index contributed by atoms with van der Waals surface area (Å²) in [5, 5.41) is 3.29. The molecule has 90 valence electrons. The number of halogens is 1. The van der Waals surface area contributed by atoms with Crippen LogP contribution in [0, 0.1) is 6.92 Å². The molecule has 1 atom stereocenters. The molecule has 1 nitrogen and oxygen atoms in total. The van der Waals surface area contributed by atoms with Gasteiger partial charge in [0.2, 0.25) is 0 Å². The molecular formula is C14H16BrNS. The van der Waals surface area contributed by atoms with Crippen LogP contribution < -0.4 is 0 Å². The van der Waals surface area contributed by atoms with E-state index in [2.05, 4.69) is 60.3 Å². The lowest BCUT2D eigenvalue weighted by molar-refractivity contribution is 0.714. The summed E-state index contributed by atoms with van der Waals surface area (Å²) in [6.45, 7) is 6.52. The summed E-state index contributed by atoms with van der Waals surface area (Å²) in [7, 11) is 0. The summed E-state index contributed by atoms with van der Waals surface area (Å²) in [5.41, 5.74) is 3.67. The van der Waals surface area contributed by atoms with E-state index in [-0.39, 0.29) is 0 Å². The van der Waals surface area contributed by atoms with Gasteiger partial charge in [-0.3, -0.25) is 0 Å². The molecule has 0 aliphatic rings. The topological polar surface area (TPSA) is 12.9 Å². The zero-order valence-corrected chi connectivity index (χ0v) is 12.7. The second-order valence-corrected chi connectivity index (χ2v) is 6.06. The van der Waals surface area contributed by atoms with Crippen molar-refractivity contribution in [2.75, 3.05) is 0 Å². The van der Waals surface area contributed by atoms with E-state index in [1.807, 2.05) is 0 Å². The van der Waals surface area contributed by atoms with Crippen molar-refractivity contribution < 1.29 is 0 Å². The Bertz CT molecular complexity index is 519. The summed E-state index contributed by atoms with van der Waals surface area (Å²) in [4.78, 5) is 4.72. The van der Waals surface area contributed by atoms with Gasteiger partial charge in [0.15, 0.2) is 0 Å². The summed E-state index contributed by atoms with van der Waals surface area (Å²) < 4.78 is 1.15. The van der Waals surface area contributed by atoms with Gasteiger partial charge in [0.05, 0.1) is 5.69 Å². The third kappa shape index (κ3) is 2.78. The molecule has 0 N–H and O–H groups in total. The summed E-state index contributed by atoms with van der Waals surface area (Å²) in [6.07, 6.45) is 1.14. The quantitative estimate of drug-likeness (QED) is 0.740. The number of thiazole rings is 1. The van der Waals surface area contributed by atoms with Crippen LogP contribution in [-0.4, -0.2) is 4.98 Å². The molecule has 0 amide bonds. The highest BCUT2D eigenvalue weighted by atomic mass is 79.9. The SMILES string of the molecule is CCC(C)c1csc(-c2ccc(C)c(Br)c2)n1. The van der Waals surface area contributed by atoms with Crippen molar-refractivity contribution in [2.24, 2.45) is 0 Å². The van der Waals surface area contributed by atoms with E-state index < -0.39 is 0 Å². The van der Waals surface area contributed by atoms with Crippen LogP contribution in [0.5, 0.6) is 0 Å². The van der Waals surface area contributed by atoms with E-state index >= 15 is 0 Å². The monoisotopic (exact) mass is 309 g/mol. The molecule has 0 saturated carbocycles. The maximum atomic E-state index is 4.72. The molecule has 2 aromatic rings. The Labute approximate surface area is 115 Å². The maximum Gasteiger partial charge on any atom is 0.123 e. The molecular weight excluding hydrogens is 294 g/mol. The van der Waals surface area contributed by atoms with Crippen molar-refractivity contribution in [1.82, 2.24) is 4.98 Å². The van der Waals surface area contributed by atoms with Crippen LogP contribution in [0.4, 0.5) is 0 Å². The molecule has 0 fully saturated rings. The highest BCUT2D eigenvalue weighted by molar-refractivity contribution is 9.10. The number of rotatable bonds is 3. The molecule has 1 unspecified atom stereocenters. The Hall–Kier alpha value is -0.670. The molecule has 17 heavy (non-hydrogen) atoms. The minimum atomic E-state index is 0.550. The zero-order valence-electron chi connectivity index (χ0n) is 10.3. The predicted molar refractivity (Wildman–Crippen MR) is 78.7 cm³/mol. The van der Waals surface area contributed by atoms with Gasteiger partial charge in [-0.25, -0.2) is 4.98 Å². The van der Waals surface area contributed by atoms with Crippen molar-refractivity contribution in [3.8, 4) is 10.6 Å². The van der Waals surface area contributed by atoms with Crippen molar-refractivity contribution >= 4 is 27.3 Å². The lowest BCUT2D eigenvalue weighted by atomic mass is 10.1. The molecule has 1 heterocycles. The van der Waals surface area contributed by atoms with E-state index in [0.29, 0.717) is 5.92 Å². The molecule has 0 aliphatic heterocycles. The van der Waals surface area contributed by atoms with Crippen molar-refractivity contribution in [3.05, 3.63) is 39.3 Å². The zero-order chi connectivity index (χ0) is 12.4. The van der Waals surface area contributed by atoms with Gasteiger partial charge in [-0.1, -0.05) is 41.9 Å². The van der Waals surface area contributed by atoms with E-state index in [1.54, 1.807) is 11.3 Å². The number of hydrogen-bond acceptors (Lipinski definition) is 2. The molecule has 0 spiro atoms. The average Bonchev–Trinajstić information content (AvgIpc) is 2.81. The molecule has 0 bridgehead atoms. The second-order valence-electron chi connectivity index (χ2n) is 4.35. The highest BCUT2D eigenvalue weighted by Crippen LogP contribution is 2.30. The number of benzene rings is 1. The smallest absolute Gasteiger partial charge is 0.123 e. The van der Waals surface area contributed by atoms with Crippen LogP contribution >= 0.6 is 27.3 Å². The van der Waals surface area contributed by atoms with Crippen LogP contribution in [0.25, 0.3) is 10.6 Å². The van der Waals surface area contributed by atoms with E-state index in [1.165, 1.54) is 16.8 Å². The van der Waals surface area contributed by atoms with Gasteiger partial charge in [-0.15, -0.1) is 11.3 Å². The fraction of sp³-hybridized carbons (Fsp3) is 0.357. The number of aryl methyl sites for hydroxylation is 1. The van der Waals surface area contributed by atoms with Gasteiger partial charge in [0.25, 0.3) is 0 Å². The lowest BCUT2D eigenvalue weighted by Gasteiger charge is -2.03. The van der Waals surface area contributed by atoms with E-state index in [9.17, 15) is 0 Å². The molecule has 1 aromatic carbocycles. The highest BCUT2D eigenvalue weighted by Gasteiger charge is 2.10. The predicted octanol–water partition coefficient (Wildman–Crippen LogP) is 5.39. The number of aromatic nitrogens is 1. The Morgan fingerprint density at radius 3 is 2.82 bits per heavy atom. The lowest BCUT2D eigenvalue weighted by Crippen LogP contribution is -1.91. The molecule has 0 saturated heterocycles. The van der Waals surface area contributed by atoms with Crippen LogP contribution in [0.3, 0.4) is 0 Å². The molecule has 1 aromatic heterocycles. The van der Waals surface area contributed by atoms with Gasteiger partial charge in [-0.2, -0.15) is 0 Å². The van der Waals surface area contributed by atoms with Crippen LogP contribution in [0.1, 0.15) is 37.4 Å². The van der Waals surface area contributed by atoms with Crippen LogP contribution in [0.15, 0.2) is 28.1 Å². The summed E-state index contributed by atoms with van der Waals surface area (Å²) in [5.74, 6) is 0.550. The molecule has 0 aliphatic carbocycles. The maximum absolute atomic E-state index is 4.72. The number of hydrogen-bond donors (Lipinski definition) is 0. The van der Waals surface area contributed by atoms with Crippen LogP contribution in [0.2, 0.25) is 0 Å². The van der Waals surface area contributed by atoms with Crippen molar-refractivity contribution in [1.29, 1.82) is 0 Å². The Kier molecular flexibility index (Phi) is 4.00. The third-order valence-corrected chi connectivity index (χ3v) is 4.82. The van der Waals surface area contributed by atoms with Gasteiger partial charge in [-0.05, 0) is 30.9 Å². The van der Waals surface area contributed by atoms with E-state index in [0.717, 1.165) is 15.9 Å². The van der Waals surface area contributed by atoms with Gasteiger partial charge in [0, 0.05) is 15.4 Å². The second kappa shape index (κ2) is 5.32. The van der Waals surface area contributed by atoms with Gasteiger partial charge >= 0.3 is 0 Å². The van der Waals surface area contributed by atoms with Gasteiger partial charge in [0.1, 0.15) is 5.01 Å². The standard InChI is InChI=1S/C14H16BrNS/c1-4-9(2)13-8-17-14(16-13)11-6-5-10(3)12(15)7-11/h5-9H,4H2,1-3H3. The van der Waals surface area contributed by atoms with Crippen LogP contribution in [-0.2, 0) is 0 Å². The minimum Gasteiger partial charge on any atom is -0.241 e. The largest absolute Gasteiger partial charge is 0.241 e. The first kappa shape index (κ1) is 12.8. The fourth-order valence-electron chi connectivity index (χ4n) is 1.58. The molecule has 2 rings (SSSR count). The summed E-state index contributed by atoms with van der Waals surface area (Å²) >= 11 is 5.30. The first-order valence-corrected chi connectivity index (χ1v) is 7.51. The first-order chi connectivity index (χ1) is 8.11. The summed E-state index contributed by atoms with van der Waals surface area (Å²) in [6, 6.07) is 6.41. The fourth-order valence-corrected chi connectivity index (χ4v) is 2.90. The Balaban J connectivity index is 2.33. The van der Waals surface area contributed by atoms with Gasteiger partial charge < -0.3 is 0 Å². The molecule has 0 radical (unpaired) electrons. The first-order valence-electron chi connectivity index (χ1n) is 5.83. The minimum absolute atomic E-state index is 0.550. The Morgan fingerprint density at radius 1 is 1.41 bits per heavy atom. The van der Waals surface area contributed by atoms with Crippen molar-refractivity contribution in [3.63, 3.8) is 0 Å².